The maximum Gasteiger partial charge on any atom is 0.185 e. The number of nitrogens with zero attached hydrogens (tertiary/aromatic N) is 2. The van der Waals surface area contributed by atoms with Gasteiger partial charge in [0.2, 0.25) is 0 Å². The van der Waals surface area contributed by atoms with Crippen LogP contribution in [0.2, 0.25) is 5.15 Å². The van der Waals surface area contributed by atoms with E-state index in [-0.39, 0.29) is 16.0 Å². The smallest absolute Gasteiger partial charge is 0.185 e. The number of hydrogen-bond acceptors (Lipinski definition) is 6. The highest BCUT2D eigenvalue weighted by atomic mass is 35.5. The molecule has 2 aromatic rings. The molecule has 3 N–H and O–H groups in total. The zero-order valence-corrected chi connectivity index (χ0v) is 11.6. The van der Waals surface area contributed by atoms with Crippen molar-refractivity contribution in [1.82, 2.24) is 15.0 Å². The van der Waals surface area contributed by atoms with E-state index in [1.807, 2.05) is 0 Å². The van der Waals surface area contributed by atoms with Gasteiger partial charge in [-0.1, -0.05) is 23.4 Å². The van der Waals surface area contributed by atoms with Crippen LogP contribution in [-0.4, -0.2) is 42.1 Å². The highest BCUT2D eigenvalue weighted by Crippen LogP contribution is 2.28. The number of aliphatic hydroxyl groups is 2. The maximum atomic E-state index is 10.8. The zero-order valence-electron chi connectivity index (χ0n) is 10.00. The van der Waals surface area contributed by atoms with Gasteiger partial charge in [-0.3, -0.25) is 4.79 Å². The van der Waals surface area contributed by atoms with Crippen LogP contribution in [0.5, 0.6) is 0 Å². The van der Waals surface area contributed by atoms with Crippen LogP contribution >= 0.6 is 23.4 Å². The standard InChI is InChI=1S/C11H12ClN3O3S/c1-5(16)19-3-7(17)10(18)6-2-13-9-8(6)14-4-15-11(9)12/h2,4,7,10,13,17-18H,3H2,1H3. The van der Waals surface area contributed by atoms with Crippen molar-refractivity contribution in [1.29, 1.82) is 0 Å². The third kappa shape index (κ3) is 3.06. The predicted molar refractivity (Wildman–Crippen MR) is 73.0 cm³/mol. The van der Waals surface area contributed by atoms with E-state index < -0.39 is 12.2 Å². The molecule has 2 rings (SSSR count). The quantitative estimate of drug-likeness (QED) is 0.736. The lowest BCUT2D eigenvalue weighted by molar-refractivity contribution is -0.109. The summed E-state index contributed by atoms with van der Waals surface area (Å²) in [5, 5.41) is 20.1. The predicted octanol–water partition coefficient (Wildman–Crippen LogP) is 1.29. The summed E-state index contributed by atoms with van der Waals surface area (Å²) in [7, 11) is 0. The Balaban J connectivity index is 2.24. The van der Waals surface area contributed by atoms with Gasteiger partial charge in [0.05, 0.1) is 11.6 Å². The van der Waals surface area contributed by atoms with Gasteiger partial charge in [-0.25, -0.2) is 9.97 Å². The van der Waals surface area contributed by atoms with Gasteiger partial charge in [0.25, 0.3) is 0 Å². The van der Waals surface area contributed by atoms with Gasteiger partial charge < -0.3 is 15.2 Å². The molecule has 0 fully saturated rings. The first-order chi connectivity index (χ1) is 9.00. The molecule has 0 bridgehead atoms. The number of aromatic nitrogens is 3. The minimum Gasteiger partial charge on any atom is -0.389 e. The molecule has 19 heavy (non-hydrogen) atoms. The number of aliphatic hydroxyl groups excluding tert-OH is 2. The topological polar surface area (TPSA) is 99.1 Å². The first-order valence-corrected chi connectivity index (χ1v) is 6.84. The molecule has 0 amide bonds. The molecule has 2 heterocycles. The largest absolute Gasteiger partial charge is 0.389 e. The van der Waals surface area contributed by atoms with Crippen LogP contribution in [0.25, 0.3) is 11.0 Å². The average molecular weight is 302 g/mol. The van der Waals surface area contributed by atoms with Crippen molar-refractivity contribution in [3.05, 3.63) is 23.2 Å². The lowest BCUT2D eigenvalue weighted by Crippen LogP contribution is -2.21. The fraction of sp³-hybridized carbons (Fsp3) is 0.364. The highest BCUT2D eigenvalue weighted by Gasteiger charge is 2.23. The molecular weight excluding hydrogens is 290 g/mol. The van der Waals surface area contributed by atoms with Crippen LogP contribution in [0.15, 0.2) is 12.5 Å². The normalized spacial score (nSPS) is 14.5. The summed E-state index contributed by atoms with van der Waals surface area (Å²) in [6.45, 7) is 1.41. The number of hydrogen-bond donors (Lipinski definition) is 3. The summed E-state index contributed by atoms with van der Waals surface area (Å²) in [6, 6.07) is 0. The van der Waals surface area contributed by atoms with Crippen molar-refractivity contribution in [2.75, 3.05) is 5.75 Å². The number of nitrogens with one attached hydrogen (secondary N) is 1. The van der Waals surface area contributed by atoms with Gasteiger partial charge >= 0.3 is 0 Å². The minimum absolute atomic E-state index is 0.113. The molecule has 0 aliphatic carbocycles. The summed E-state index contributed by atoms with van der Waals surface area (Å²) in [4.78, 5) is 21.5. The van der Waals surface area contributed by atoms with Crippen LogP contribution in [0.4, 0.5) is 0 Å². The van der Waals surface area contributed by atoms with Gasteiger partial charge in [-0.05, 0) is 0 Å². The Bertz CT molecular complexity index is 604. The molecule has 0 spiro atoms. The molecule has 0 saturated heterocycles. The fourth-order valence-electron chi connectivity index (χ4n) is 1.66. The van der Waals surface area contributed by atoms with Crippen molar-refractivity contribution in [3.8, 4) is 0 Å². The lowest BCUT2D eigenvalue weighted by Gasteiger charge is -2.15. The van der Waals surface area contributed by atoms with Crippen molar-refractivity contribution >= 4 is 39.5 Å². The van der Waals surface area contributed by atoms with E-state index in [2.05, 4.69) is 15.0 Å². The number of carbonyl (C=O) groups is 1. The third-order valence-corrected chi connectivity index (χ3v) is 3.79. The molecule has 0 aliphatic rings. The fourth-order valence-corrected chi connectivity index (χ4v) is 2.43. The Kier molecular flexibility index (Phi) is 4.41. The van der Waals surface area contributed by atoms with E-state index in [4.69, 9.17) is 11.6 Å². The van der Waals surface area contributed by atoms with Crippen LogP contribution in [0.3, 0.4) is 0 Å². The molecule has 2 aromatic heterocycles. The van der Waals surface area contributed by atoms with Crippen molar-refractivity contribution in [2.24, 2.45) is 0 Å². The van der Waals surface area contributed by atoms with Crippen LogP contribution in [0, 0.1) is 0 Å². The molecule has 102 valence electrons. The Morgan fingerprint density at radius 2 is 2.26 bits per heavy atom. The Hall–Kier alpha value is -1.15. The van der Waals surface area contributed by atoms with Gasteiger partial charge in [0.15, 0.2) is 10.3 Å². The molecule has 2 unspecified atom stereocenters. The monoisotopic (exact) mass is 301 g/mol. The number of halogens is 1. The average Bonchev–Trinajstić information content (AvgIpc) is 2.80. The molecule has 0 aromatic carbocycles. The second kappa shape index (κ2) is 5.87. The summed E-state index contributed by atoms with van der Waals surface area (Å²) in [6.07, 6.45) is 0.594. The molecule has 8 heteroatoms. The molecule has 0 aliphatic heterocycles. The van der Waals surface area contributed by atoms with E-state index in [1.165, 1.54) is 19.4 Å². The summed E-state index contributed by atoms with van der Waals surface area (Å²) < 4.78 is 0. The van der Waals surface area contributed by atoms with Gasteiger partial charge in [0, 0.05) is 24.4 Å². The zero-order chi connectivity index (χ0) is 14.0. The lowest BCUT2D eigenvalue weighted by atomic mass is 10.1. The van der Waals surface area contributed by atoms with Crippen molar-refractivity contribution < 1.29 is 15.0 Å². The summed E-state index contributed by atoms with van der Waals surface area (Å²) >= 11 is 6.84. The van der Waals surface area contributed by atoms with E-state index in [0.717, 1.165) is 11.8 Å². The van der Waals surface area contributed by atoms with E-state index >= 15 is 0 Å². The first kappa shape index (κ1) is 14.3. The molecule has 0 saturated carbocycles. The van der Waals surface area contributed by atoms with Gasteiger partial charge in [-0.15, -0.1) is 0 Å². The Morgan fingerprint density at radius 3 is 2.95 bits per heavy atom. The minimum atomic E-state index is -1.15. The number of fused-ring (bicyclic) bond motifs is 1. The first-order valence-electron chi connectivity index (χ1n) is 5.47. The van der Waals surface area contributed by atoms with Gasteiger partial charge in [-0.2, -0.15) is 0 Å². The molecular formula is C11H12ClN3O3S. The van der Waals surface area contributed by atoms with Crippen LogP contribution in [0.1, 0.15) is 18.6 Å². The highest BCUT2D eigenvalue weighted by molar-refractivity contribution is 8.13. The summed E-state index contributed by atoms with van der Waals surface area (Å²) in [5.74, 6) is 0.113. The second-order valence-corrected chi connectivity index (χ2v) is 5.50. The Labute approximate surface area is 118 Å². The van der Waals surface area contributed by atoms with Crippen LogP contribution in [-0.2, 0) is 4.79 Å². The van der Waals surface area contributed by atoms with E-state index in [0.29, 0.717) is 16.6 Å². The Morgan fingerprint density at radius 1 is 1.53 bits per heavy atom. The molecule has 2 atom stereocenters. The van der Waals surface area contributed by atoms with Crippen LogP contribution < -0.4 is 0 Å². The number of rotatable bonds is 4. The number of thioether (sulfide) groups is 1. The molecule has 6 nitrogen and oxygen atoms in total. The van der Waals surface area contributed by atoms with Crippen molar-refractivity contribution in [3.63, 3.8) is 0 Å². The van der Waals surface area contributed by atoms with E-state index in [1.54, 1.807) is 0 Å². The second-order valence-electron chi connectivity index (χ2n) is 3.95. The number of carbonyl (C=O) groups excluding carboxylic acids is 1. The number of H-pyrrole nitrogens is 1. The van der Waals surface area contributed by atoms with E-state index in [9.17, 15) is 15.0 Å². The van der Waals surface area contributed by atoms with Gasteiger partial charge in [0.1, 0.15) is 17.9 Å². The third-order valence-electron chi connectivity index (χ3n) is 2.59. The molecule has 0 radical (unpaired) electrons. The number of aromatic amines is 1. The SMILES string of the molecule is CC(=O)SCC(O)C(O)c1c[nH]c2c(Cl)ncnc12. The maximum absolute atomic E-state index is 10.8. The van der Waals surface area contributed by atoms with Crippen molar-refractivity contribution in [2.45, 2.75) is 19.1 Å². The summed E-state index contributed by atoms with van der Waals surface area (Å²) in [5.41, 5.74) is 1.39.